The molecule has 0 spiro atoms. The van der Waals surface area contributed by atoms with Crippen LogP contribution in [0.1, 0.15) is 18.9 Å². The van der Waals surface area contributed by atoms with E-state index >= 15 is 0 Å². The summed E-state index contributed by atoms with van der Waals surface area (Å²) in [7, 11) is 0. The largest absolute Gasteiger partial charge is 0.480 e. The minimum Gasteiger partial charge on any atom is -0.480 e. The van der Waals surface area contributed by atoms with Gasteiger partial charge in [-0.1, -0.05) is 18.5 Å². The molecule has 19 heavy (non-hydrogen) atoms. The third-order valence-corrected chi connectivity index (χ3v) is 2.60. The van der Waals surface area contributed by atoms with E-state index in [9.17, 15) is 9.59 Å². The number of nitrogens with one attached hydrogen (secondary N) is 2. The standard InChI is InChI=1S/C12H12ClN3O3/c1-2-9(11(17)18)15-12(19)16-10-5-8(13)4-3-7(10)6-14/h3-5,9H,2H2,1H3,(H,17,18)(H2,15,16,19). The Kier molecular flexibility index (Phi) is 5.15. The van der Waals surface area contributed by atoms with E-state index in [1.165, 1.54) is 18.2 Å². The Morgan fingerprint density at radius 3 is 2.74 bits per heavy atom. The summed E-state index contributed by atoms with van der Waals surface area (Å²) in [6.45, 7) is 1.64. The van der Waals surface area contributed by atoms with E-state index in [4.69, 9.17) is 22.0 Å². The van der Waals surface area contributed by atoms with Gasteiger partial charge in [-0.3, -0.25) is 0 Å². The maximum absolute atomic E-state index is 11.6. The van der Waals surface area contributed by atoms with Gasteiger partial charge in [0.05, 0.1) is 11.3 Å². The second-order valence-corrected chi connectivity index (χ2v) is 4.14. The van der Waals surface area contributed by atoms with Gasteiger partial charge in [-0.05, 0) is 24.6 Å². The number of amides is 2. The van der Waals surface area contributed by atoms with Crippen molar-refractivity contribution in [2.24, 2.45) is 0 Å². The van der Waals surface area contributed by atoms with Crippen molar-refractivity contribution >= 4 is 29.3 Å². The molecule has 0 aliphatic heterocycles. The average molecular weight is 282 g/mol. The molecule has 0 saturated heterocycles. The van der Waals surface area contributed by atoms with E-state index in [1.807, 2.05) is 6.07 Å². The molecule has 100 valence electrons. The zero-order chi connectivity index (χ0) is 14.4. The highest BCUT2D eigenvalue weighted by Gasteiger charge is 2.18. The Morgan fingerprint density at radius 2 is 2.21 bits per heavy atom. The number of rotatable bonds is 4. The van der Waals surface area contributed by atoms with Gasteiger partial charge < -0.3 is 15.7 Å². The minimum absolute atomic E-state index is 0.229. The minimum atomic E-state index is -1.12. The van der Waals surface area contributed by atoms with Crippen molar-refractivity contribution in [2.45, 2.75) is 19.4 Å². The Balaban J connectivity index is 2.80. The lowest BCUT2D eigenvalue weighted by Gasteiger charge is -2.13. The number of nitriles is 1. The van der Waals surface area contributed by atoms with Crippen molar-refractivity contribution in [3.8, 4) is 6.07 Å². The molecule has 7 heteroatoms. The number of nitrogens with zero attached hydrogens (tertiary/aromatic N) is 1. The zero-order valence-corrected chi connectivity index (χ0v) is 10.9. The number of carboxylic acid groups (broad SMARTS) is 1. The first-order valence-corrected chi connectivity index (χ1v) is 5.85. The third-order valence-electron chi connectivity index (χ3n) is 2.36. The fraction of sp³-hybridized carbons (Fsp3) is 0.250. The van der Waals surface area contributed by atoms with Gasteiger partial charge in [0.1, 0.15) is 12.1 Å². The van der Waals surface area contributed by atoms with Crippen LogP contribution < -0.4 is 10.6 Å². The lowest BCUT2D eigenvalue weighted by molar-refractivity contribution is -0.139. The van der Waals surface area contributed by atoms with Crippen molar-refractivity contribution in [1.29, 1.82) is 5.26 Å². The molecule has 0 aliphatic carbocycles. The SMILES string of the molecule is CCC(NC(=O)Nc1cc(Cl)ccc1C#N)C(=O)O. The number of halogens is 1. The third kappa shape index (κ3) is 4.16. The highest BCUT2D eigenvalue weighted by molar-refractivity contribution is 6.31. The molecule has 1 unspecified atom stereocenters. The molecule has 0 aliphatic rings. The van der Waals surface area contributed by atoms with E-state index in [0.717, 1.165) is 0 Å². The first kappa shape index (κ1) is 14.8. The van der Waals surface area contributed by atoms with E-state index in [1.54, 1.807) is 6.92 Å². The summed E-state index contributed by atoms with van der Waals surface area (Å²) in [4.78, 5) is 22.4. The highest BCUT2D eigenvalue weighted by Crippen LogP contribution is 2.20. The molecule has 0 radical (unpaired) electrons. The molecule has 0 bridgehead atoms. The molecular formula is C12H12ClN3O3. The van der Waals surface area contributed by atoms with Crippen LogP contribution in [0.4, 0.5) is 10.5 Å². The summed E-state index contributed by atoms with van der Waals surface area (Å²) < 4.78 is 0. The van der Waals surface area contributed by atoms with Crippen LogP contribution in [0.25, 0.3) is 0 Å². The number of aliphatic carboxylic acids is 1. The summed E-state index contributed by atoms with van der Waals surface area (Å²) in [6, 6.07) is 4.62. The first-order valence-electron chi connectivity index (χ1n) is 5.48. The van der Waals surface area contributed by atoms with Gasteiger partial charge in [0, 0.05) is 5.02 Å². The summed E-state index contributed by atoms with van der Waals surface area (Å²) >= 11 is 5.77. The van der Waals surface area contributed by atoms with Crippen LogP contribution in [-0.2, 0) is 4.79 Å². The Bertz CT molecular complexity index is 540. The average Bonchev–Trinajstić information content (AvgIpc) is 2.35. The molecule has 1 atom stereocenters. The topological polar surface area (TPSA) is 102 Å². The van der Waals surface area contributed by atoms with E-state index in [-0.39, 0.29) is 17.7 Å². The van der Waals surface area contributed by atoms with Gasteiger partial charge in [-0.2, -0.15) is 5.26 Å². The quantitative estimate of drug-likeness (QED) is 0.787. The molecule has 2 amide bonds. The summed E-state index contributed by atoms with van der Waals surface area (Å²) in [5.74, 6) is -1.12. The highest BCUT2D eigenvalue weighted by atomic mass is 35.5. The van der Waals surface area contributed by atoms with Crippen LogP contribution >= 0.6 is 11.6 Å². The monoisotopic (exact) mass is 281 g/mol. The lowest BCUT2D eigenvalue weighted by atomic mass is 10.2. The fourth-order valence-electron chi connectivity index (χ4n) is 1.37. The number of anilines is 1. The van der Waals surface area contributed by atoms with Crippen molar-refractivity contribution in [3.63, 3.8) is 0 Å². The molecule has 1 aromatic rings. The summed E-state index contributed by atoms with van der Waals surface area (Å²) in [5.41, 5.74) is 0.468. The second-order valence-electron chi connectivity index (χ2n) is 3.70. The Morgan fingerprint density at radius 1 is 1.53 bits per heavy atom. The van der Waals surface area contributed by atoms with Crippen molar-refractivity contribution in [3.05, 3.63) is 28.8 Å². The predicted molar refractivity (Wildman–Crippen MR) is 70.0 cm³/mol. The van der Waals surface area contributed by atoms with E-state index in [0.29, 0.717) is 5.02 Å². The van der Waals surface area contributed by atoms with Gasteiger partial charge in [0.25, 0.3) is 0 Å². The molecule has 0 fully saturated rings. The van der Waals surface area contributed by atoms with Crippen LogP contribution in [0.2, 0.25) is 5.02 Å². The van der Waals surface area contributed by atoms with Crippen molar-refractivity contribution in [2.75, 3.05) is 5.32 Å². The number of carbonyl (C=O) groups excluding carboxylic acids is 1. The van der Waals surface area contributed by atoms with Gasteiger partial charge in [0.15, 0.2) is 0 Å². The molecule has 0 saturated carbocycles. The summed E-state index contributed by atoms with van der Waals surface area (Å²) in [6.07, 6.45) is 0.253. The van der Waals surface area contributed by atoms with Crippen LogP contribution in [0.15, 0.2) is 18.2 Å². The molecule has 1 aromatic carbocycles. The van der Waals surface area contributed by atoms with Crippen molar-refractivity contribution < 1.29 is 14.7 Å². The van der Waals surface area contributed by atoms with Gasteiger partial charge in [-0.25, -0.2) is 9.59 Å². The Hall–Kier alpha value is -2.26. The molecule has 0 heterocycles. The van der Waals surface area contributed by atoms with Crippen LogP contribution in [-0.4, -0.2) is 23.1 Å². The number of hydrogen-bond acceptors (Lipinski definition) is 3. The van der Waals surface area contributed by atoms with Gasteiger partial charge in [-0.15, -0.1) is 0 Å². The van der Waals surface area contributed by atoms with E-state index in [2.05, 4.69) is 10.6 Å². The predicted octanol–water partition coefficient (Wildman–Crippen LogP) is 2.20. The molecule has 0 aromatic heterocycles. The normalized spacial score (nSPS) is 11.2. The smallest absolute Gasteiger partial charge is 0.326 e. The van der Waals surface area contributed by atoms with Crippen LogP contribution in [0.3, 0.4) is 0 Å². The summed E-state index contributed by atoms with van der Waals surface area (Å²) in [5, 5.41) is 22.7. The first-order chi connectivity index (χ1) is 8.97. The number of benzene rings is 1. The fourth-order valence-corrected chi connectivity index (χ4v) is 1.54. The van der Waals surface area contributed by atoms with Gasteiger partial charge >= 0.3 is 12.0 Å². The van der Waals surface area contributed by atoms with E-state index < -0.39 is 18.0 Å². The maximum atomic E-state index is 11.6. The number of carboxylic acids is 1. The lowest BCUT2D eigenvalue weighted by Crippen LogP contribution is -2.42. The number of carbonyl (C=O) groups is 2. The zero-order valence-electron chi connectivity index (χ0n) is 10.1. The number of hydrogen-bond donors (Lipinski definition) is 3. The van der Waals surface area contributed by atoms with Crippen molar-refractivity contribution in [1.82, 2.24) is 5.32 Å². The molecule has 1 rings (SSSR count). The molecular weight excluding hydrogens is 270 g/mol. The van der Waals surface area contributed by atoms with Crippen LogP contribution in [0, 0.1) is 11.3 Å². The maximum Gasteiger partial charge on any atom is 0.326 e. The Labute approximate surface area is 115 Å². The van der Waals surface area contributed by atoms with Crippen LogP contribution in [0.5, 0.6) is 0 Å². The number of urea groups is 1. The second kappa shape index (κ2) is 6.61. The molecule has 3 N–H and O–H groups in total. The van der Waals surface area contributed by atoms with Gasteiger partial charge in [0.2, 0.25) is 0 Å². The molecule has 6 nitrogen and oxygen atoms in total.